The van der Waals surface area contributed by atoms with Crippen molar-refractivity contribution < 1.29 is 27.4 Å². The van der Waals surface area contributed by atoms with E-state index in [9.17, 15) is 18.0 Å². The van der Waals surface area contributed by atoms with Crippen LogP contribution < -0.4 is 20.1 Å². The number of rotatable bonds is 6. The molecule has 1 unspecified atom stereocenters. The Bertz CT molecular complexity index is 828. The van der Waals surface area contributed by atoms with E-state index in [1.54, 1.807) is 25.1 Å². The summed E-state index contributed by atoms with van der Waals surface area (Å²) in [5.74, 6) is 0.513. The molecule has 0 aliphatic carbocycles. The molecule has 0 spiro atoms. The molecule has 5 nitrogen and oxygen atoms in total. The number of methoxy groups -OCH3 is 2. The second-order valence-corrected chi connectivity index (χ2v) is 6.02. The van der Waals surface area contributed by atoms with Gasteiger partial charge in [0.1, 0.15) is 17.5 Å². The SMILES string of the molecule is COc1ccc(NC(C)C(=O)Nc2ccc(Cl)c(C(F)(F)F)c2)c(OC)c1. The normalized spacial score (nSPS) is 12.3. The van der Waals surface area contributed by atoms with Gasteiger partial charge < -0.3 is 20.1 Å². The lowest BCUT2D eigenvalue weighted by atomic mass is 10.2. The largest absolute Gasteiger partial charge is 0.497 e. The van der Waals surface area contributed by atoms with E-state index < -0.39 is 28.7 Å². The van der Waals surface area contributed by atoms with E-state index >= 15 is 0 Å². The molecule has 0 saturated heterocycles. The zero-order chi connectivity index (χ0) is 20.2. The first-order valence-corrected chi connectivity index (χ1v) is 8.19. The maximum absolute atomic E-state index is 12.9. The third-order valence-electron chi connectivity index (χ3n) is 3.71. The third kappa shape index (κ3) is 5.19. The summed E-state index contributed by atoms with van der Waals surface area (Å²) in [6, 6.07) is 7.43. The van der Waals surface area contributed by atoms with E-state index in [-0.39, 0.29) is 5.69 Å². The van der Waals surface area contributed by atoms with Crippen molar-refractivity contribution >= 4 is 28.9 Å². The lowest BCUT2D eigenvalue weighted by Crippen LogP contribution is -2.32. The third-order valence-corrected chi connectivity index (χ3v) is 4.04. The number of nitrogens with one attached hydrogen (secondary N) is 2. The van der Waals surface area contributed by atoms with Crippen molar-refractivity contribution in [1.29, 1.82) is 0 Å². The van der Waals surface area contributed by atoms with Crippen LogP contribution in [-0.2, 0) is 11.0 Å². The molecule has 1 amide bonds. The van der Waals surface area contributed by atoms with Crippen LogP contribution in [0.3, 0.4) is 0 Å². The Labute approximate surface area is 159 Å². The van der Waals surface area contributed by atoms with Crippen LogP contribution in [0.4, 0.5) is 24.5 Å². The van der Waals surface area contributed by atoms with Gasteiger partial charge in [-0.3, -0.25) is 4.79 Å². The molecule has 9 heteroatoms. The highest BCUT2D eigenvalue weighted by Gasteiger charge is 2.33. The first-order valence-electron chi connectivity index (χ1n) is 7.82. The van der Waals surface area contributed by atoms with Gasteiger partial charge in [0.15, 0.2) is 0 Å². The minimum atomic E-state index is -4.61. The van der Waals surface area contributed by atoms with Gasteiger partial charge in [-0.2, -0.15) is 13.2 Å². The molecule has 0 bridgehead atoms. The number of carbonyl (C=O) groups is 1. The van der Waals surface area contributed by atoms with E-state index in [2.05, 4.69) is 10.6 Å². The first-order chi connectivity index (χ1) is 12.7. The summed E-state index contributed by atoms with van der Waals surface area (Å²) in [4.78, 5) is 12.3. The molecule has 0 radical (unpaired) electrons. The smallest absolute Gasteiger partial charge is 0.417 e. The molecule has 0 aromatic heterocycles. The Morgan fingerprint density at radius 2 is 1.81 bits per heavy atom. The van der Waals surface area contributed by atoms with E-state index in [0.717, 1.165) is 12.1 Å². The number of halogens is 4. The molecule has 2 N–H and O–H groups in total. The van der Waals surface area contributed by atoms with Crippen LogP contribution >= 0.6 is 11.6 Å². The molecule has 2 rings (SSSR count). The zero-order valence-electron chi connectivity index (χ0n) is 14.8. The van der Waals surface area contributed by atoms with Gasteiger partial charge in [0.25, 0.3) is 0 Å². The molecule has 0 aliphatic rings. The summed E-state index contributed by atoms with van der Waals surface area (Å²) in [6.45, 7) is 1.57. The second kappa shape index (κ2) is 8.39. The van der Waals surface area contributed by atoms with Crippen molar-refractivity contribution in [3.63, 3.8) is 0 Å². The van der Waals surface area contributed by atoms with Crippen LogP contribution in [0.5, 0.6) is 11.5 Å². The highest BCUT2D eigenvalue weighted by molar-refractivity contribution is 6.31. The molecule has 0 fully saturated rings. The number of alkyl halides is 3. The fourth-order valence-corrected chi connectivity index (χ4v) is 2.51. The summed E-state index contributed by atoms with van der Waals surface area (Å²) >= 11 is 5.58. The van der Waals surface area contributed by atoms with Gasteiger partial charge in [-0.25, -0.2) is 0 Å². The average molecular weight is 403 g/mol. The molecule has 0 saturated carbocycles. The van der Waals surface area contributed by atoms with Crippen LogP contribution in [0, 0.1) is 0 Å². The van der Waals surface area contributed by atoms with Crippen molar-refractivity contribution in [3.05, 3.63) is 47.0 Å². The second-order valence-electron chi connectivity index (χ2n) is 5.61. The molecular weight excluding hydrogens is 385 g/mol. The molecule has 0 heterocycles. The van der Waals surface area contributed by atoms with E-state index in [0.29, 0.717) is 17.2 Å². The number of hydrogen-bond acceptors (Lipinski definition) is 4. The maximum atomic E-state index is 12.9. The number of amides is 1. The zero-order valence-corrected chi connectivity index (χ0v) is 15.5. The standard InChI is InChI=1S/C18H18ClF3N2O3/c1-10(23-15-7-5-12(26-2)9-16(15)27-3)17(25)24-11-4-6-14(19)13(8-11)18(20,21)22/h4-10,23H,1-3H3,(H,24,25). The molecule has 0 aliphatic heterocycles. The van der Waals surface area contributed by atoms with Gasteiger partial charge in [-0.05, 0) is 37.3 Å². The molecule has 2 aromatic carbocycles. The fraction of sp³-hybridized carbons (Fsp3) is 0.278. The van der Waals surface area contributed by atoms with Crippen LogP contribution in [0.15, 0.2) is 36.4 Å². The summed E-state index contributed by atoms with van der Waals surface area (Å²) in [5, 5.41) is 4.95. The molecule has 2 aromatic rings. The van der Waals surface area contributed by atoms with E-state index in [4.69, 9.17) is 21.1 Å². The average Bonchev–Trinajstić information content (AvgIpc) is 2.62. The van der Waals surface area contributed by atoms with Gasteiger partial charge >= 0.3 is 6.18 Å². The van der Waals surface area contributed by atoms with Crippen LogP contribution in [0.2, 0.25) is 5.02 Å². The van der Waals surface area contributed by atoms with Crippen molar-refractivity contribution in [3.8, 4) is 11.5 Å². The lowest BCUT2D eigenvalue weighted by Gasteiger charge is -2.18. The predicted octanol–water partition coefficient (Wildman–Crippen LogP) is 4.82. The van der Waals surface area contributed by atoms with Crippen LogP contribution in [0.1, 0.15) is 12.5 Å². The molecule has 1 atom stereocenters. The van der Waals surface area contributed by atoms with Gasteiger partial charge in [0.2, 0.25) is 5.91 Å². The van der Waals surface area contributed by atoms with Gasteiger partial charge in [0.05, 0.1) is 30.5 Å². The Morgan fingerprint density at radius 3 is 2.41 bits per heavy atom. The Kier molecular flexibility index (Phi) is 6.43. The summed E-state index contributed by atoms with van der Waals surface area (Å²) < 4.78 is 49.1. The van der Waals surface area contributed by atoms with Crippen molar-refractivity contribution in [2.75, 3.05) is 24.9 Å². The fourth-order valence-electron chi connectivity index (χ4n) is 2.29. The number of anilines is 2. The summed E-state index contributed by atoms with van der Waals surface area (Å²) in [7, 11) is 2.98. The minimum Gasteiger partial charge on any atom is -0.497 e. The highest BCUT2D eigenvalue weighted by Crippen LogP contribution is 2.36. The Hall–Kier alpha value is -2.61. The topological polar surface area (TPSA) is 59.6 Å². The Morgan fingerprint density at radius 1 is 1.11 bits per heavy atom. The number of ether oxygens (including phenoxy) is 2. The van der Waals surface area contributed by atoms with Crippen molar-refractivity contribution in [2.24, 2.45) is 0 Å². The van der Waals surface area contributed by atoms with E-state index in [1.807, 2.05) is 0 Å². The van der Waals surface area contributed by atoms with E-state index in [1.165, 1.54) is 20.3 Å². The number of benzene rings is 2. The van der Waals surface area contributed by atoms with Gasteiger partial charge in [-0.1, -0.05) is 11.6 Å². The molecule has 146 valence electrons. The highest BCUT2D eigenvalue weighted by atomic mass is 35.5. The summed E-state index contributed by atoms with van der Waals surface area (Å²) in [5.41, 5.74) is -0.487. The maximum Gasteiger partial charge on any atom is 0.417 e. The van der Waals surface area contributed by atoms with Crippen molar-refractivity contribution in [2.45, 2.75) is 19.1 Å². The minimum absolute atomic E-state index is 0.00734. The lowest BCUT2D eigenvalue weighted by molar-refractivity contribution is -0.137. The monoisotopic (exact) mass is 402 g/mol. The first kappa shape index (κ1) is 20.7. The molecular formula is C18H18ClF3N2O3. The van der Waals surface area contributed by atoms with Gasteiger partial charge in [0, 0.05) is 11.8 Å². The molecule has 27 heavy (non-hydrogen) atoms. The quantitative estimate of drug-likeness (QED) is 0.727. The van der Waals surface area contributed by atoms with Crippen molar-refractivity contribution in [1.82, 2.24) is 0 Å². The van der Waals surface area contributed by atoms with Crippen LogP contribution in [-0.4, -0.2) is 26.2 Å². The number of carbonyl (C=O) groups excluding carboxylic acids is 1. The Balaban J connectivity index is 2.13. The van der Waals surface area contributed by atoms with Gasteiger partial charge in [-0.15, -0.1) is 0 Å². The van der Waals surface area contributed by atoms with Crippen LogP contribution in [0.25, 0.3) is 0 Å². The summed E-state index contributed by atoms with van der Waals surface area (Å²) in [6.07, 6.45) is -4.61. The predicted molar refractivity (Wildman–Crippen MR) is 97.7 cm³/mol. The number of hydrogen-bond donors (Lipinski definition) is 2.